The molecule has 0 unspecified atom stereocenters. The number of hydrogen-bond acceptors (Lipinski definition) is 4. The van der Waals surface area contributed by atoms with Crippen molar-refractivity contribution >= 4 is 11.8 Å². The predicted molar refractivity (Wildman–Crippen MR) is 116 cm³/mol. The third-order valence-corrected chi connectivity index (χ3v) is 5.87. The number of carbonyl (C=O) groups is 2. The first-order chi connectivity index (χ1) is 14.4. The van der Waals surface area contributed by atoms with Crippen LogP contribution < -0.4 is 16.1 Å². The lowest BCUT2D eigenvalue weighted by atomic mass is 9.96. The minimum absolute atomic E-state index is 0.00649. The van der Waals surface area contributed by atoms with E-state index < -0.39 is 11.3 Å². The van der Waals surface area contributed by atoms with Crippen molar-refractivity contribution < 1.29 is 14.3 Å². The first-order valence-electron chi connectivity index (χ1n) is 11.4. The van der Waals surface area contributed by atoms with Crippen LogP contribution in [-0.2, 0) is 11.3 Å². The van der Waals surface area contributed by atoms with E-state index in [0.29, 0.717) is 6.54 Å². The predicted octanol–water partition coefficient (Wildman–Crippen LogP) is 3.01. The maximum Gasteiger partial charge on any atom is 0.256 e. The van der Waals surface area contributed by atoms with Gasteiger partial charge in [0.1, 0.15) is 11.1 Å². The highest BCUT2D eigenvalue weighted by molar-refractivity contribution is 5.99. The summed E-state index contributed by atoms with van der Waals surface area (Å²) in [5.41, 5.74) is -0.474. The van der Waals surface area contributed by atoms with Crippen LogP contribution in [0.4, 0.5) is 0 Å². The minimum atomic E-state index is -0.514. The number of rotatable bonds is 6. The van der Waals surface area contributed by atoms with Crippen molar-refractivity contribution in [2.75, 3.05) is 6.61 Å². The number of ether oxygens (including phenoxy) is 1. The molecular weight excluding hydrogens is 382 g/mol. The number of carbonyl (C=O) groups excluding carboxylic acids is 2. The van der Waals surface area contributed by atoms with Gasteiger partial charge in [-0.3, -0.25) is 14.4 Å². The average Bonchev–Trinajstić information content (AvgIpc) is 3.17. The molecular formula is C23H35N3O4. The van der Waals surface area contributed by atoms with E-state index in [0.717, 1.165) is 45.1 Å². The Kier molecular flexibility index (Phi) is 8.08. The van der Waals surface area contributed by atoms with E-state index in [4.69, 9.17) is 4.74 Å². The first kappa shape index (κ1) is 22.5. The lowest BCUT2D eigenvalue weighted by Crippen LogP contribution is -2.41. The Bertz CT molecular complexity index is 788. The van der Waals surface area contributed by atoms with Gasteiger partial charge in [0.15, 0.2) is 0 Å². The molecule has 7 heteroatoms. The van der Waals surface area contributed by atoms with Crippen molar-refractivity contribution in [1.29, 1.82) is 0 Å². The van der Waals surface area contributed by atoms with Crippen LogP contribution in [0.1, 0.15) is 92.4 Å². The van der Waals surface area contributed by atoms with Crippen molar-refractivity contribution in [1.82, 2.24) is 15.2 Å². The Hall–Kier alpha value is -2.15. The Morgan fingerprint density at radius 2 is 1.63 bits per heavy atom. The third kappa shape index (κ3) is 6.17. The maximum atomic E-state index is 13.0. The van der Waals surface area contributed by atoms with Gasteiger partial charge >= 0.3 is 0 Å². The smallest absolute Gasteiger partial charge is 0.256 e. The van der Waals surface area contributed by atoms with Crippen LogP contribution in [0.3, 0.4) is 0 Å². The molecule has 2 aliphatic rings. The number of nitrogens with one attached hydrogen (secondary N) is 2. The molecule has 7 nitrogen and oxygen atoms in total. The van der Waals surface area contributed by atoms with Crippen molar-refractivity contribution in [2.45, 2.75) is 96.4 Å². The second-order valence-corrected chi connectivity index (χ2v) is 8.89. The zero-order valence-corrected chi connectivity index (χ0v) is 18.2. The summed E-state index contributed by atoms with van der Waals surface area (Å²) < 4.78 is 7.46. The highest BCUT2D eigenvalue weighted by Crippen LogP contribution is 2.18. The second kappa shape index (κ2) is 10.8. The molecule has 1 aromatic rings. The number of nitrogens with zero attached hydrogens (tertiary/aromatic N) is 1. The quantitative estimate of drug-likeness (QED) is 0.745. The average molecular weight is 418 g/mol. The maximum absolute atomic E-state index is 13.0. The molecule has 1 aliphatic heterocycles. The largest absolute Gasteiger partial charge is 0.376 e. The van der Waals surface area contributed by atoms with E-state index in [1.54, 1.807) is 17.0 Å². The Balaban J connectivity index is 1.85. The van der Waals surface area contributed by atoms with E-state index in [-0.39, 0.29) is 35.2 Å². The summed E-state index contributed by atoms with van der Waals surface area (Å²) in [4.78, 5) is 38.7. The van der Waals surface area contributed by atoms with E-state index in [2.05, 4.69) is 10.6 Å². The molecule has 2 N–H and O–H groups in total. The molecule has 1 saturated carbocycles. The van der Waals surface area contributed by atoms with Gasteiger partial charge < -0.3 is 19.9 Å². The molecule has 1 aliphatic carbocycles. The third-order valence-electron chi connectivity index (χ3n) is 5.87. The van der Waals surface area contributed by atoms with Crippen molar-refractivity contribution in [3.8, 4) is 0 Å². The Morgan fingerprint density at radius 3 is 2.23 bits per heavy atom. The Labute approximate surface area is 178 Å². The molecule has 30 heavy (non-hydrogen) atoms. The van der Waals surface area contributed by atoms with Crippen LogP contribution in [0.15, 0.2) is 17.2 Å². The van der Waals surface area contributed by atoms with Crippen molar-refractivity contribution in [3.63, 3.8) is 0 Å². The molecule has 0 bridgehead atoms. The highest BCUT2D eigenvalue weighted by Gasteiger charge is 2.23. The molecule has 0 aromatic carbocycles. The van der Waals surface area contributed by atoms with Crippen LogP contribution in [0.25, 0.3) is 0 Å². The van der Waals surface area contributed by atoms with Crippen molar-refractivity contribution in [2.24, 2.45) is 0 Å². The van der Waals surface area contributed by atoms with Crippen LogP contribution in [0.2, 0.25) is 0 Å². The molecule has 3 rings (SSSR count). The summed E-state index contributed by atoms with van der Waals surface area (Å²) in [5, 5.41) is 5.82. The van der Waals surface area contributed by atoms with Crippen LogP contribution in [0, 0.1) is 0 Å². The van der Waals surface area contributed by atoms with Gasteiger partial charge in [0.25, 0.3) is 11.8 Å². The standard InChI is InChI=1S/C23H35N3O4/c1-16(2)24-22(28)19-14-26(13-18-11-8-12-30-18)15-20(21(19)27)23(29)25-17-9-6-4-3-5-7-10-17/h14-18H,3-13H2,1-2H3,(H,24,28)(H,25,29)/t18-/m0/s1. The Morgan fingerprint density at radius 1 is 1.00 bits per heavy atom. The summed E-state index contributed by atoms with van der Waals surface area (Å²) >= 11 is 0. The number of aromatic nitrogens is 1. The summed E-state index contributed by atoms with van der Waals surface area (Å²) in [7, 11) is 0. The van der Waals surface area contributed by atoms with Gasteiger partial charge in [-0.15, -0.1) is 0 Å². The molecule has 1 aromatic heterocycles. The normalized spacial score (nSPS) is 20.6. The van der Waals surface area contributed by atoms with E-state index in [1.165, 1.54) is 19.3 Å². The SMILES string of the molecule is CC(C)NC(=O)c1cn(C[C@@H]2CCCO2)cc(C(=O)NC2CCCCCCC2)c1=O. The van der Waals surface area contributed by atoms with Gasteiger partial charge in [-0.25, -0.2) is 0 Å². The number of hydrogen-bond donors (Lipinski definition) is 2. The lowest BCUT2D eigenvalue weighted by molar-refractivity contribution is 0.0913. The van der Waals surface area contributed by atoms with Gasteiger partial charge in [-0.1, -0.05) is 32.1 Å². The van der Waals surface area contributed by atoms with Gasteiger partial charge in [0.2, 0.25) is 5.43 Å². The molecule has 0 radical (unpaired) electrons. The molecule has 2 amide bonds. The number of amides is 2. The van der Waals surface area contributed by atoms with Gasteiger partial charge in [-0.2, -0.15) is 0 Å². The molecule has 2 heterocycles. The van der Waals surface area contributed by atoms with Gasteiger partial charge in [0, 0.05) is 37.6 Å². The summed E-state index contributed by atoms with van der Waals surface area (Å²) in [5.74, 6) is -0.831. The highest BCUT2D eigenvalue weighted by atomic mass is 16.5. The fourth-order valence-corrected chi connectivity index (χ4v) is 4.29. The monoisotopic (exact) mass is 417 g/mol. The second-order valence-electron chi connectivity index (χ2n) is 8.89. The summed E-state index contributed by atoms with van der Waals surface area (Å²) in [6.45, 7) is 4.93. The first-order valence-corrected chi connectivity index (χ1v) is 11.4. The molecule has 2 fully saturated rings. The van der Waals surface area contributed by atoms with Gasteiger partial charge in [-0.05, 0) is 39.5 Å². The van der Waals surface area contributed by atoms with E-state index in [1.807, 2.05) is 13.8 Å². The topological polar surface area (TPSA) is 89.4 Å². The van der Waals surface area contributed by atoms with Gasteiger partial charge in [0.05, 0.1) is 6.10 Å². The van der Waals surface area contributed by atoms with Crippen LogP contribution >= 0.6 is 0 Å². The zero-order chi connectivity index (χ0) is 21.5. The fraction of sp³-hybridized carbons (Fsp3) is 0.696. The van der Waals surface area contributed by atoms with E-state index in [9.17, 15) is 14.4 Å². The molecule has 166 valence electrons. The van der Waals surface area contributed by atoms with E-state index >= 15 is 0 Å². The summed E-state index contributed by atoms with van der Waals surface area (Å²) in [6, 6.07) is -0.0205. The minimum Gasteiger partial charge on any atom is -0.376 e. The zero-order valence-electron chi connectivity index (χ0n) is 18.2. The molecule has 1 saturated heterocycles. The lowest BCUT2D eigenvalue weighted by Gasteiger charge is -2.21. The fourth-order valence-electron chi connectivity index (χ4n) is 4.29. The molecule has 1 atom stereocenters. The number of pyridine rings is 1. The van der Waals surface area contributed by atoms with Crippen LogP contribution in [0.5, 0.6) is 0 Å². The summed E-state index contributed by atoms with van der Waals surface area (Å²) in [6.07, 6.45) is 12.8. The van der Waals surface area contributed by atoms with Crippen LogP contribution in [-0.4, -0.2) is 41.2 Å². The van der Waals surface area contributed by atoms with Crippen molar-refractivity contribution in [3.05, 3.63) is 33.7 Å². The molecule has 0 spiro atoms.